The number of nitrogens with one attached hydrogen (secondary N) is 2. The predicted octanol–water partition coefficient (Wildman–Crippen LogP) is 3.38. The Morgan fingerprint density at radius 1 is 1.23 bits per heavy atom. The summed E-state index contributed by atoms with van der Waals surface area (Å²) in [5.74, 6) is 0. The average Bonchev–Trinajstić information content (AvgIpc) is 2.93. The zero-order valence-corrected chi connectivity index (χ0v) is 16.1. The number of hydrogen-bond acceptors (Lipinski definition) is 3. The lowest BCUT2D eigenvalue weighted by Crippen LogP contribution is -2.54. The van der Waals surface area contributed by atoms with Crippen LogP contribution in [0.25, 0.3) is 0 Å². The van der Waals surface area contributed by atoms with Crippen LogP contribution in [0.3, 0.4) is 0 Å². The predicted molar refractivity (Wildman–Crippen MR) is 102 cm³/mol. The highest BCUT2D eigenvalue weighted by atomic mass is 16.2. The van der Waals surface area contributed by atoms with E-state index in [4.69, 9.17) is 0 Å². The van der Waals surface area contributed by atoms with Crippen molar-refractivity contribution in [2.75, 3.05) is 19.6 Å². The molecule has 1 spiro atoms. The monoisotopic (exact) mass is 354 g/mol. The van der Waals surface area contributed by atoms with E-state index in [1.54, 1.807) is 0 Å². The quantitative estimate of drug-likeness (QED) is 0.852. The summed E-state index contributed by atoms with van der Waals surface area (Å²) in [6, 6.07) is 12.9. The van der Waals surface area contributed by atoms with E-state index in [1.165, 1.54) is 5.56 Å². The number of nitriles is 1. The highest BCUT2D eigenvalue weighted by molar-refractivity contribution is 5.78. The van der Waals surface area contributed by atoms with Crippen LogP contribution in [0.1, 0.15) is 52.0 Å². The van der Waals surface area contributed by atoms with Crippen LogP contribution in [0.15, 0.2) is 30.3 Å². The van der Waals surface area contributed by atoms with Gasteiger partial charge in [-0.1, -0.05) is 37.3 Å². The summed E-state index contributed by atoms with van der Waals surface area (Å²) >= 11 is 0. The molecular weight excluding hydrogens is 324 g/mol. The molecule has 0 aromatic heterocycles. The van der Waals surface area contributed by atoms with Gasteiger partial charge in [0.15, 0.2) is 0 Å². The van der Waals surface area contributed by atoms with Crippen molar-refractivity contribution in [3.63, 3.8) is 0 Å². The van der Waals surface area contributed by atoms with Crippen molar-refractivity contribution in [1.29, 1.82) is 5.26 Å². The molecule has 26 heavy (non-hydrogen) atoms. The van der Waals surface area contributed by atoms with Gasteiger partial charge < -0.3 is 15.5 Å². The normalized spacial score (nSPS) is 28.8. The number of rotatable bonds is 5. The maximum absolute atomic E-state index is 12.5. The minimum atomic E-state index is -0.519. The molecule has 1 aromatic rings. The number of carbonyl (C=O) groups excluding carboxylic acids is 1. The molecule has 1 aliphatic heterocycles. The van der Waals surface area contributed by atoms with Crippen molar-refractivity contribution in [2.24, 2.45) is 5.41 Å². The molecule has 5 heteroatoms. The van der Waals surface area contributed by atoms with Crippen molar-refractivity contribution in [3.8, 4) is 6.07 Å². The second-order valence-electron chi connectivity index (χ2n) is 8.54. The fourth-order valence-electron chi connectivity index (χ4n) is 4.52. The summed E-state index contributed by atoms with van der Waals surface area (Å²) in [5, 5.41) is 16.2. The Balaban J connectivity index is 1.73. The number of hydrogen-bond donors (Lipinski definition) is 2. The summed E-state index contributed by atoms with van der Waals surface area (Å²) in [5.41, 5.74) is 0.653. The first-order valence-corrected chi connectivity index (χ1v) is 9.63. The Morgan fingerprint density at radius 3 is 2.46 bits per heavy atom. The topological polar surface area (TPSA) is 68.2 Å². The molecule has 0 radical (unpaired) electrons. The summed E-state index contributed by atoms with van der Waals surface area (Å²) in [6.45, 7) is 8.03. The van der Waals surface area contributed by atoms with Crippen molar-refractivity contribution in [1.82, 2.24) is 15.5 Å². The number of amides is 2. The third kappa shape index (κ3) is 3.57. The third-order valence-corrected chi connectivity index (χ3v) is 5.94. The van der Waals surface area contributed by atoms with E-state index in [0.717, 1.165) is 32.2 Å². The molecular formula is C21H30N4O. The fourth-order valence-corrected chi connectivity index (χ4v) is 4.52. The molecule has 2 aliphatic rings. The smallest absolute Gasteiger partial charge is 0.318 e. The largest absolute Gasteiger partial charge is 0.331 e. The molecule has 1 saturated heterocycles. The van der Waals surface area contributed by atoms with Gasteiger partial charge in [-0.15, -0.1) is 0 Å². The first kappa shape index (κ1) is 18.7. The lowest BCUT2D eigenvalue weighted by atomic mass is 9.69. The molecule has 2 N–H and O–H groups in total. The third-order valence-electron chi connectivity index (χ3n) is 5.94. The zero-order valence-electron chi connectivity index (χ0n) is 16.1. The van der Waals surface area contributed by atoms with Crippen molar-refractivity contribution < 1.29 is 4.79 Å². The fraction of sp³-hybridized carbons (Fsp3) is 0.619. The Labute approximate surface area is 156 Å². The van der Waals surface area contributed by atoms with Crippen LogP contribution >= 0.6 is 0 Å². The second-order valence-corrected chi connectivity index (χ2v) is 8.54. The van der Waals surface area contributed by atoms with Gasteiger partial charge in [0.2, 0.25) is 0 Å². The van der Waals surface area contributed by atoms with E-state index in [0.29, 0.717) is 13.1 Å². The maximum Gasteiger partial charge on any atom is 0.318 e. The Morgan fingerprint density at radius 2 is 1.88 bits per heavy atom. The van der Waals surface area contributed by atoms with Gasteiger partial charge in [0.05, 0.1) is 17.0 Å². The molecule has 5 nitrogen and oxygen atoms in total. The molecule has 1 saturated carbocycles. The van der Waals surface area contributed by atoms with Crippen LogP contribution in [0.4, 0.5) is 4.79 Å². The van der Waals surface area contributed by atoms with Crippen LogP contribution in [-0.2, 0) is 5.54 Å². The summed E-state index contributed by atoms with van der Waals surface area (Å²) in [6.07, 6.45) is 3.90. The van der Waals surface area contributed by atoms with E-state index in [-0.39, 0.29) is 17.1 Å². The minimum Gasteiger partial charge on any atom is -0.331 e. The van der Waals surface area contributed by atoms with Gasteiger partial charge in [0.1, 0.15) is 0 Å². The Kier molecular flexibility index (Phi) is 4.98. The first-order valence-electron chi connectivity index (χ1n) is 9.63. The Bertz CT molecular complexity index is 684. The van der Waals surface area contributed by atoms with Crippen LogP contribution in [0.5, 0.6) is 0 Å². The zero-order chi connectivity index (χ0) is 18.8. The second kappa shape index (κ2) is 6.92. The van der Waals surface area contributed by atoms with Crippen LogP contribution in [0.2, 0.25) is 0 Å². The molecule has 1 heterocycles. The summed E-state index contributed by atoms with van der Waals surface area (Å²) in [7, 11) is 0. The van der Waals surface area contributed by atoms with Crippen molar-refractivity contribution >= 4 is 6.03 Å². The average molecular weight is 354 g/mol. The molecule has 2 fully saturated rings. The van der Waals surface area contributed by atoms with Crippen LogP contribution in [-0.4, -0.2) is 36.1 Å². The summed E-state index contributed by atoms with van der Waals surface area (Å²) < 4.78 is 0. The standard InChI is InChI=1S/C21H30N4O/c1-4-23-21(17-8-6-5-7-9-17)12-10-20(11-13-21)16-25(18(26)24-20)15-19(2,3)14-22/h5-9,23H,4,10-13,15-16H2,1-3H3,(H,24,26). The molecule has 1 aliphatic carbocycles. The van der Waals surface area contributed by atoms with E-state index < -0.39 is 5.41 Å². The molecule has 0 unspecified atom stereocenters. The van der Waals surface area contributed by atoms with Gasteiger partial charge in [-0.05, 0) is 51.6 Å². The van der Waals surface area contributed by atoms with Crippen molar-refractivity contribution in [2.45, 2.75) is 57.5 Å². The van der Waals surface area contributed by atoms with E-state index in [1.807, 2.05) is 18.7 Å². The molecule has 0 bridgehead atoms. The lowest BCUT2D eigenvalue weighted by molar-refractivity contribution is 0.149. The highest BCUT2D eigenvalue weighted by Crippen LogP contribution is 2.43. The van der Waals surface area contributed by atoms with Gasteiger partial charge in [0, 0.05) is 18.6 Å². The van der Waals surface area contributed by atoms with Crippen LogP contribution in [0, 0.1) is 16.7 Å². The van der Waals surface area contributed by atoms with Gasteiger partial charge in [-0.25, -0.2) is 4.79 Å². The molecule has 1 aromatic carbocycles. The van der Waals surface area contributed by atoms with E-state index in [2.05, 4.69) is 54.0 Å². The minimum absolute atomic E-state index is 0.00860. The number of urea groups is 1. The molecule has 3 rings (SSSR count). The van der Waals surface area contributed by atoms with E-state index in [9.17, 15) is 10.1 Å². The highest BCUT2D eigenvalue weighted by Gasteiger charge is 2.49. The first-order chi connectivity index (χ1) is 12.3. The molecule has 0 atom stereocenters. The van der Waals surface area contributed by atoms with Crippen LogP contribution < -0.4 is 10.6 Å². The van der Waals surface area contributed by atoms with Gasteiger partial charge in [-0.3, -0.25) is 0 Å². The number of nitrogens with zero attached hydrogens (tertiary/aromatic N) is 2. The van der Waals surface area contributed by atoms with E-state index >= 15 is 0 Å². The maximum atomic E-state index is 12.5. The lowest BCUT2D eigenvalue weighted by Gasteiger charge is -2.45. The molecule has 140 valence electrons. The number of carbonyl (C=O) groups is 1. The Hall–Kier alpha value is -2.06. The van der Waals surface area contributed by atoms with Gasteiger partial charge in [0.25, 0.3) is 0 Å². The van der Waals surface area contributed by atoms with Crippen molar-refractivity contribution in [3.05, 3.63) is 35.9 Å². The SMILES string of the molecule is CCNC1(c2ccccc2)CCC2(CC1)CN(CC(C)(C)C#N)C(=O)N2. The molecule has 2 amide bonds. The van der Waals surface area contributed by atoms with Gasteiger partial charge in [-0.2, -0.15) is 5.26 Å². The number of benzene rings is 1. The summed E-state index contributed by atoms with van der Waals surface area (Å²) in [4.78, 5) is 14.3. The van der Waals surface area contributed by atoms with Gasteiger partial charge >= 0.3 is 6.03 Å².